The Hall–Kier alpha value is -2.19. The lowest BCUT2D eigenvalue weighted by Gasteiger charge is -2.09. The molecule has 1 heterocycles. The molecule has 1 aromatic heterocycles. The number of hydrogen-bond donors (Lipinski definition) is 0. The average molecular weight is 295 g/mol. The summed E-state index contributed by atoms with van der Waals surface area (Å²) < 4.78 is 0. The van der Waals surface area contributed by atoms with Crippen molar-refractivity contribution in [3.8, 4) is 22.6 Å². The Bertz CT molecular complexity index is 765. The first-order valence-corrected chi connectivity index (χ1v) is 7.19. The Morgan fingerprint density at radius 3 is 2.10 bits per heavy atom. The maximum absolute atomic E-state index is 6.30. The second kappa shape index (κ2) is 5.66. The van der Waals surface area contributed by atoms with Gasteiger partial charge in [-0.15, -0.1) is 0 Å². The minimum Gasteiger partial charge on any atom is -0.228 e. The molecule has 0 N–H and O–H groups in total. The highest BCUT2D eigenvalue weighted by Gasteiger charge is 2.12. The summed E-state index contributed by atoms with van der Waals surface area (Å²) in [6.45, 7) is 4.01. The lowest BCUT2D eigenvalue weighted by molar-refractivity contribution is 1.14. The fourth-order valence-electron chi connectivity index (χ4n) is 2.20. The third kappa shape index (κ3) is 2.81. The first kappa shape index (κ1) is 13.8. The molecule has 0 unspecified atom stereocenters. The van der Waals surface area contributed by atoms with Gasteiger partial charge in [-0.1, -0.05) is 71.8 Å². The molecule has 3 heteroatoms. The van der Waals surface area contributed by atoms with E-state index in [9.17, 15) is 0 Å². The highest BCUT2D eigenvalue weighted by Crippen LogP contribution is 2.28. The average Bonchev–Trinajstić information content (AvgIpc) is 2.51. The van der Waals surface area contributed by atoms with Crippen molar-refractivity contribution in [1.29, 1.82) is 0 Å². The van der Waals surface area contributed by atoms with Gasteiger partial charge in [-0.3, -0.25) is 0 Å². The topological polar surface area (TPSA) is 25.8 Å². The van der Waals surface area contributed by atoms with Crippen molar-refractivity contribution in [2.24, 2.45) is 0 Å². The van der Waals surface area contributed by atoms with Gasteiger partial charge in [0, 0.05) is 16.7 Å². The van der Waals surface area contributed by atoms with Crippen LogP contribution in [0, 0.1) is 13.8 Å². The molecular weight excluding hydrogens is 280 g/mol. The summed E-state index contributed by atoms with van der Waals surface area (Å²) in [5.41, 5.74) is 5.01. The number of rotatable bonds is 2. The maximum Gasteiger partial charge on any atom is 0.161 e. The van der Waals surface area contributed by atoms with E-state index in [1.165, 1.54) is 5.56 Å². The van der Waals surface area contributed by atoms with Gasteiger partial charge in [-0.2, -0.15) is 0 Å². The van der Waals surface area contributed by atoms with Crippen LogP contribution < -0.4 is 0 Å². The van der Waals surface area contributed by atoms with Crippen molar-refractivity contribution < 1.29 is 0 Å². The van der Waals surface area contributed by atoms with Gasteiger partial charge in [0.2, 0.25) is 0 Å². The van der Waals surface area contributed by atoms with Crippen molar-refractivity contribution in [1.82, 2.24) is 9.97 Å². The van der Waals surface area contributed by atoms with Gasteiger partial charge >= 0.3 is 0 Å². The number of nitrogens with zero attached hydrogens (tertiary/aromatic N) is 2. The molecule has 0 fully saturated rings. The van der Waals surface area contributed by atoms with E-state index in [0.717, 1.165) is 22.4 Å². The van der Waals surface area contributed by atoms with Gasteiger partial charge in [0.25, 0.3) is 0 Å². The van der Waals surface area contributed by atoms with Crippen molar-refractivity contribution in [3.63, 3.8) is 0 Å². The SMILES string of the molecule is Cc1ccc(-c2nc(Cl)c(C)c(-c3ccccc3)n2)cc1. The van der Waals surface area contributed by atoms with Crippen LogP contribution in [0.25, 0.3) is 22.6 Å². The van der Waals surface area contributed by atoms with Crippen LogP contribution in [0.2, 0.25) is 5.15 Å². The molecule has 21 heavy (non-hydrogen) atoms. The first-order chi connectivity index (χ1) is 10.1. The van der Waals surface area contributed by atoms with Gasteiger partial charge in [0.15, 0.2) is 5.82 Å². The highest BCUT2D eigenvalue weighted by atomic mass is 35.5. The minimum absolute atomic E-state index is 0.499. The van der Waals surface area contributed by atoms with Gasteiger partial charge in [-0.05, 0) is 13.8 Å². The number of halogens is 1. The number of hydrogen-bond acceptors (Lipinski definition) is 2. The van der Waals surface area contributed by atoms with Gasteiger partial charge < -0.3 is 0 Å². The van der Waals surface area contributed by atoms with Crippen LogP contribution in [-0.4, -0.2) is 9.97 Å². The Morgan fingerprint density at radius 1 is 0.762 bits per heavy atom. The lowest BCUT2D eigenvalue weighted by Crippen LogP contribution is -1.97. The largest absolute Gasteiger partial charge is 0.228 e. The molecular formula is C18H15ClN2. The van der Waals surface area contributed by atoms with E-state index in [1.807, 2.05) is 49.4 Å². The Balaban J connectivity index is 2.16. The zero-order valence-corrected chi connectivity index (χ0v) is 12.7. The Morgan fingerprint density at radius 2 is 1.43 bits per heavy atom. The summed E-state index contributed by atoms with van der Waals surface area (Å²) in [4.78, 5) is 9.12. The maximum atomic E-state index is 6.30. The molecule has 0 bridgehead atoms. The summed E-state index contributed by atoms with van der Waals surface area (Å²) in [5.74, 6) is 0.657. The molecule has 0 saturated heterocycles. The zero-order chi connectivity index (χ0) is 14.8. The van der Waals surface area contributed by atoms with E-state index in [4.69, 9.17) is 16.6 Å². The molecule has 0 saturated carbocycles. The van der Waals surface area contributed by atoms with Crippen LogP contribution in [-0.2, 0) is 0 Å². The summed E-state index contributed by atoms with van der Waals surface area (Å²) >= 11 is 6.30. The van der Waals surface area contributed by atoms with E-state index >= 15 is 0 Å². The van der Waals surface area contributed by atoms with Crippen LogP contribution in [0.15, 0.2) is 54.6 Å². The predicted molar refractivity (Wildman–Crippen MR) is 87.4 cm³/mol. The summed E-state index contributed by atoms with van der Waals surface area (Å²) in [7, 11) is 0. The second-order valence-corrected chi connectivity index (χ2v) is 5.40. The predicted octanol–water partition coefficient (Wildman–Crippen LogP) is 5.08. The molecule has 0 aliphatic carbocycles. The molecule has 0 amide bonds. The number of aromatic nitrogens is 2. The monoisotopic (exact) mass is 294 g/mol. The summed E-state index contributed by atoms with van der Waals surface area (Å²) in [5, 5.41) is 0.499. The van der Waals surface area contributed by atoms with E-state index < -0.39 is 0 Å². The molecule has 3 rings (SSSR count). The molecule has 0 radical (unpaired) electrons. The number of aryl methyl sites for hydroxylation is 1. The van der Waals surface area contributed by atoms with Crippen LogP contribution >= 0.6 is 11.6 Å². The molecule has 2 nitrogen and oxygen atoms in total. The fourth-order valence-corrected chi connectivity index (χ4v) is 2.37. The van der Waals surface area contributed by atoms with Gasteiger partial charge in [0.05, 0.1) is 5.69 Å². The van der Waals surface area contributed by atoms with Crippen LogP contribution in [0.4, 0.5) is 0 Å². The smallest absolute Gasteiger partial charge is 0.161 e. The summed E-state index contributed by atoms with van der Waals surface area (Å²) in [6, 6.07) is 18.2. The second-order valence-electron chi connectivity index (χ2n) is 5.04. The zero-order valence-electron chi connectivity index (χ0n) is 12.0. The molecule has 0 spiro atoms. The fraction of sp³-hybridized carbons (Fsp3) is 0.111. The van der Waals surface area contributed by atoms with Gasteiger partial charge in [0.1, 0.15) is 5.15 Å². The molecule has 104 valence electrons. The molecule has 0 aliphatic rings. The lowest BCUT2D eigenvalue weighted by atomic mass is 10.1. The van der Waals surface area contributed by atoms with Crippen molar-refractivity contribution in [2.45, 2.75) is 13.8 Å². The minimum atomic E-state index is 0.499. The molecule has 0 atom stereocenters. The third-order valence-electron chi connectivity index (χ3n) is 3.44. The molecule has 2 aromatic carbocycles. The quantitative estimate of drug-likeness (QED) is 0.616. The van der Waals surface area contributed by atoms with Crippen molar-refractivity contribution in [3.05, 3.63) is 70.9 Å². The molecule has 0 aliphatic heterocycles. The van der Waals surface area contributed by atoms with E-state index in [-0.39, 0.29) is 0 Å². The normalized spacial score (nSPS) is 10.6. The summed E-state index contributed by atoms with van der Waals surface area (Å²) in [6.07, 6.45) is 0. The van der Waals surface area contributed by atoms with Crippen LogP contribution in [0.1, 0.15) is 11.1 Å². The van der Waals surface area contributed by atoms with Gasteiger partial charge in [-0.25, -0.2) is 9.97 Å². The Kier molecular flexibility index (Phi) is 3.72. The highest BCUT2D eigenvalue weighted by molar-refractivity contribution is 6.30. The van der Waals surface area contributed by atoms with E-state index in [1.54, 1.807) is 0 Å². The first-order valence-electron chi connectivity index (χ1n) is 6.82. The molecule has 3 aromatic rings. The third-order valence-corrected chi connectivity index (χ3v) is 3.81. The van der Waals surface area contributed by atoms with Crippen molar-refractivity contribution >= 4 is 11.6 Å². The van der Waals surface area contributed by atoms with Crippen LogP contribution in [0.3, 0.4) is 0 Å². The standard InChI is InChI=1S/C18H15ClN2/c1-12-8-10-15(11-9-12)18-20-16(13(2)17(19)21-18)14-6-4-3-5-7-14/h3-11H,1-2H3. The van der Waals surface area contributed by atoms with E-state index in [0.29, 0.717) is 11.0 Å². The van der Waals surface area contributed by atoms with Crippen LogP contribution in [0.5, 0.6) is 0 Å². The number of benzene rings is 2. The van der Waals surface area contributed by atoms with Crippen molar-refractivity contribution in [2.75, 3.05) is 0 Å². The van der Waals surface area contributed by atoms with E-state index in [2.05, 4.69) is 24.0 Å². The Labute approximate surface area is 129 Å².